The van der Waals surface area contributed by atoms with E-state index >= 15 is 0 Å². The van der Waals surface area contributed by atoms with Crippen molar-refractivity contribution in [2.24, 2.45) is 0 Å². The number of benzene rings is 1. The summed E-state index contributed by atoms with van der Waals surface area (Å²) in [5.41, 5.74) is 1.28. The Hall–Kier alpha value is -0.420. The Morgan fingerprint density at radius 2 is 1.85 bits per heavy atom. The molecule has 0 saturated carbocycles. The van der Waals surface area contributed by atoms with Crippen LogP contribution in [0.1, 0.15) is 11.1 Å². The highest BCUT2D eigenvalue weighted by atomic mass is 79.9. The summed E-state index contributed by atoms with van der Waals surface area (Å²) in [6, 6.07) is 2.83. The molecule has 0 fully saturated rings. The molecule has 13 heavy (non-hydrogen) atoms. The third-order valence-corrected chi connectivity index (χ3v) is 3.98. The molecule has 0 aliphatic heterocycles. The van der Waals surface area contributed by atoms with E-state index in [1.165, 1.54) is 6.07 Å². The van der Waals surface area contributed by atoms with E-state index in [0.717, 1.165) is 5.56 Å². The van der Waals surface area contributed by atoms with Crippen LogP contribution in [0.3, 0.4) is 0 Å². The van der Waals surface area contributed by atoms with Gasteiger partial charge >= 0.3 is 10.2 Å². The first kappa shape index (κ1) is 10.7. The number of aryl methyl sites for hydroxylation is 1. The SMILES string of the molecule is Cc1ccc(S(=O)(=O)F)c(C)c1Br. The molecule has 2 nitrogen and oxygen atoms in total. The number of halogens is 2. The van der Waals surface area contributed by atoms with Crippen LogP contribution in [-0.2, 0) is 10.2 Å². The molecule has 0 aliphatic carbocycles. The minimum absolute atomic E-state index is 0.273. The molecular formula is C8H8BrFO2S. The normalized spacial score (nSPS) is 11.7. The molecule has 5 heteroatoms. The van der Waals surface area contributed by atoms with Crippen LogP contribution in [-0.4, -0.2) is 8.42 Å². The quantitative estimate of drug-likeness (QED) is 0.733. The van der Waals surface area contributed by atoms with E-state index in [1.54, 1.807) is 13.0 Å². The molecule has 0 heterocycles. The summed E-state index contributed by atoms with van der Waals surface area (Å²) in [5, 5.41) is 0. The molecule has 0 saturated heterocycles. The van der Waals surface area contributed by atoms with E-state index in [-0.39, 0.29) is 4.90 Å². The molecule has 0 radical (unpaired) electrons. The molecule has 0 aromatic heterocycles. The third-order valence-electron chi connectivity index (χ3n) is 1.79. The minimum atomic E-state index is -4.60. The lowest BCUT2D eigenvalue weighted by molar-refractivity contribution is 0.551. The predicted octanol–water partition coefficient (Wildman–Crippen LogP) is 2.72. The fraction of sp³-hybridized carbons (Fsp3) is 0.250. The van der Waals surface area contributed by atoms with Gasteiger partial charge in [0, 0.05) is 4.47 Å². The largest absolute Gasteiger partial charge is 0.332 e. The number of rotatable bonds is 1. The van der Waals surface area contributed by atoms with Crippen LogP contribution in [0.2, 0.25) is 0 Å². The Kier molecular flexibility index (Phi) is 2.77. The Morgan fingerprint density at radius 3 is 2.31 bits per heavy atom. The van der Waals surface area contributed by atoms with Crippen LogP contribution < -0.4 is 0 Å². The Bertz CT molecular complexity index is 440. The second kappa shape index (κ2) is 3.38. The van der Waals surface area contributed by atoms with Crippen LogP contribution in [0, 0.1) is 13.8 Å². The molecular weight excluding hydrogens is 259 g/mol. The van der Waals surface area contributed by atoms with Crippen LogP contribution in [0.15, 0.2) is 21.5 Å². The summed E-state index contributed by atoms with van der Waals surface area (Å²) in [5.74, 6) is 0. The van der Waals surface area contributed by atoms with Gasteiger partial charge in [0.2, 0.25) is 0 Å². The molecule has 0 atom stereocenters. The number of hydrogen-bond donors (Lipinski definition) is 0. The van der Waals surface area contributed by atoms with E-state index in [2.05, 4.69) is 15.9 Å². The van der Waals surface area contributed by atoms with Crippen molar-refractivity contribution < 1.29 is 12.3 Å². The van der Waals surface area contributed by atoms with Crippen molar-refractivity contribution in [1.29, 1.82) is 0 Å². The van der Waals surface area contributed by atoms with Gasteiger partial charge in [0.15, 0.2) is 0 Å². The van der Waals surface area contributed by atoms with Crippen molar-refractivity contribution in [2.75, 3.05) is 0 Å². The first-order chi connectivity index (χ1) is 5.84. The van der Waals surface area contributed by atoms with Crippen molar-refractivity contribution in [3.05, 3.63) is 27.7 Å². The van der Waals surface area contributed by atoms with Gasteiger partial charge < -0.3 is 0 Å². The Balaban J connectivity index is 3.53. The highest BCUT2D eigenvalue weighted by molar-refractivity contribution is 9.10. The van der Waals surface area contributed by atoms with Crippen molar-refractivity contribution in [3.63, 3.8) is 0 Å². The van der Waals surface area contributed by atoms with Gasteiger partial charge in [-0.2, -0.15) is 8.42 Å². The Morgan fingerprint density at radius 1 is 1.31 bits per heavy atom. The molecule has 0 N–H and O–H groups in total. The standard InChI is InChI=1S/C8H8BrFO2S/c1-5-3-4-7(13(10,11)12)6(2)8(5)9/h3-4H,1-2H3. The topological polar surface area (TPSA) is 34.1 Å². The smallest absolute Gasteiger partial charge is 0.189 e. The van der Waals surface area contributed by atoms with Crippen molar-refractivity contribution >= 4 is 26.2 Å². The van der Waals surface area contributed by atoms with Gasteiger partial charge in [-0.05, 0) is 31.0 Å². The van der Waals surface area contributed by atoms with Crippen LogP contribution in [0.5, 0.6) is 0 Å². The third kappa shape index (κ3) is 2.08. The van der Waals surface area contributed by atoms with E-state index in [4.69, 9.17) is 0 Å². The molecule has 0 bridgehead atoms. The fourth-order valence-electron chi connectivity index (χ4n) is 1.07. The summed E-state index contributed by atoms with van der Waals surface area (Å²) in [4.78, 5) is -0.273. The first-order valence-corrected chi connectivity index (χ1v) is 5.72. The lowest BCUT2D eigenvalue weighted by Crippen LogP contribution is -1.97. The number of hydrogen-bond acceptors (Lipinski definition) is 2. The molecule has 0 aliphatic rings. The van der Waals surface area contributed by atoms with Gasteiger partial charge in [-0.1, -0.05) is 22.0 Å². The monoisotopic (exact) mass is 266 g/mol. The molecule has 0 spiro atoms. The highest BCUT2D eigenvalue weighted by Gasteiger charge is 2.17. The second-order valence-corrected chi connectivity index (χ2v) is 4.87. The zero-order valence-corrected chi connectivity index (χ0v) is 9.54. The first-order valence-electron chi connectivity index (χ1n) is 3.54. The predicted molar refractivity (Wildman–Crippen MR) is 51.9 cm³/mol. The van der Waals surface area contributed by atoms with Crippen LogP contribution >= 0.6 is 15.9 Å². The summed E-state index contributed by atoms with van der Waals surface area (Å²) in [6.45, 7) is 3.37. The van der Waals surface area contributed by atoms with Gasteiger partial charge in [-0.25, -0.2) is 0 Å². The molecule has 1 aromatic carbocycles. The van der Waals surface area contributed by atoms with Crippen LogP contribution in [0.25, 0.3) is 0 Å². The highest BCUT2D eigenvalue weighted by Crippen LogP contribution is 2.27. The van der Waals surface area contributed by atoms with Gasteiger partial charge in [-0.3, -0.25) is 0 Å². The van der Waals surface area contributed by atoms with Crippen LogP contribution in [0.4, 0.5) is 3.89 Å². The summed E-state index contributed by atoms with van der Waals surface area (Å²) in [7, 11) is -4.60. The summed E-state index contributed by atoms with van der Waals surface area (Å²) >= 11 is 3.19. The molecule has 72 valence electrons. The van der Waals surface area contributed by atoms with Crippen molar-refractivity contribution in [2.45, 2.75) is 18.7 Å². The molecule has 1 rings (SSSR count). The lowest BCUT2D eigenvalue weighted by Gasteiger charge is -2.05. The Labute approximate surface area is 85.1 Å². The maximum atomic E-state index is 12.6. The fourth-order valence-corrected chi connectivity index (χ4v) is 2.24. The van der Waals surface area contributed by atoms with Crippen molar-refractivity contribution in [1.82, 2.24) is 0 Å². The van der Waals surface area contributed by atoms with E-state index in [1.807, 2.05) is 6.92 Å². The van der Waals surface area contributed by atoms with Gasteiger partial charge in [0.05, 0.1) is 0 Å². The average molecular weight is 267 g/mol. The second-order valence-electron chi connectivity index (χ2n) is 2.76. The van der Waals surface area contributed by atoms with E-state index in [9.17, 15) is 12.3 Å². The molecule has 0 unspecified atom stereocenters. The van der Waals surface area contributed by atoms with Crippen molar-refractivity contribution in [3.8, 4) is 0 Å². The molecule has 1 aromatic rings. The maximum absolute atomic E-state index is 12.6. The van der Waals surface area contributed by atoms with Gasteiger partial charge in [-0.15, -0.1) is 3.89 Å². The zero-order chi connectivity index (χ0) is 10.2. The summed E-state index contributed by atoms with van der Waals surface area (Å²) < 4.78 is 34.5. The minimum Gasteiger partial charge on any atom is -0.189 e. The average Bonchev–Trinajstić information content (AvgIpc) is 1.98. The van der Waals surface area contributed by atoms with Gasteiger partial charge in [0.1, 0.15) is 4.90 Å². The maximum Gasteiger partial charge on any atom is 0.332 e. The summed E-state index contributed by atoms with van der Waals surface area (Å²) in [6.07, 6.45) is 0. The van der Waals surface area contributed by atoms with E-state index < -0.39 is 10.2 Å². The van der Waals surface area contributed by atoms with E-state index in [0.29, 0.717) is 10.0 Å². The zero-order valence-electron chi connectivity index (χ0n) is 7.14. The molecule has 0 amide bonds. The van der Waals surface area contributed by atoms with Gasteiger partial charge in [0.25, 0.3) is 0 Å². The lowest BCUT2D eigenvalue weighted by atomic mass is 10.2.